The van der Waals surface area contributed by atoms with Crippen LogP contribution in [-0.4, -0.2) is 17.3 Å². The number of H-pyrrole nitrogens is 1. The Morgan fingerprint density at radius 1 is 1.26 bits per heavy atom. The van der Waals surface area contributed by atoms with Gasteiger partial charge in [0.15, 0.2) is 0 Å². The van der Waals surface area contributed by atoms with Gasteiger partial charge in [-0.3, -0.25) is 5.10 Å². The molecule has 0 amide bonds. The fourth-order valence-corrected chi connectivity index (χ4v) is 2.22. The van der Waals surface area contributed by atoms with Gasteiger partial charge in [0.25, 0.3) is 0 Å². The largest absolute Gasteiger partial charge is 0.496 e. The molecule has 4 nitrogen and oxygen atoms in total. The van der Waals surface area contributed by atoms with E-state index in [1.807, 2.05) is 19.9 Å². The van der Waals surface area contributed by atoms with Gasteiger partial charge in [0.05, 0.1) is 18.5 Å². The minimum absolute atomic E-state index is 0.385. The first-order valence-electron chi connectivity index (χ1n) is 6.45. The number of benzene rings is 1. The number of rotatable bonds is 3. The molecule has 0 atom stereocenters. The molecule has 19 heavy (non-hydrogen) atoms. The van der Waals surface area contributed by atoms with Gasteiger partial charge in [0.1, 0.15) is 11.4 Å². The molecule has 4 heteroatoms. The third kappa shape index (κ3) is 2.30. The summed E-state index contributed by atoms with van der Waals surface area (Å²) in [5.41, 5.74) is 11.8. The Hall–Kier alpha value is -1.97. The fourth-order valence-electron chi connectivity index (χ4n) is 2.22. The molecule has 0 aliphatic carbocycles. The SMILES string of the molecule is COc1cc(C)c(-c2n[nH]c(C)c2N)cc1C(C)C. The smallest absolute Gasteiger partial charge is 0.122 e. The summed E-state index contributed by atoms with van der Waals surface area (Å²) in [6.07, 6.45) is 0. The average Bonchev–Trinajstić information content (AvgIpc) is 2.69. The van der Waals surface area contributed by atoms with Crippen molar-refractivity contribution in [2.24, 2.45) is 0 Å². The van der Waals surface area contributed by atoms with Gasteiger partial charge in [0, 0.05) is 5.56 Å². The number of aromatic nitrogens is 2. The third-order valence-electron chi connectivity index (χ3n) is 3.45. The normalized spacial score (nSPS) is 11.1. The van der Waals surface area contributed by atoms with Crippen LogP contribution in [0.2, 0.25) is 0 Å². The Morgan fingerprint density at radius 3 is 2.42 bits per heavy atom. The molecule has 0 aliphatic heterocycles. The molecule has 0 saturated carbocycles. The van der Waals surface area contributed by atoms with Gasteiger partial charge in [0.2, 0.25) is 0 Å². The number of nitrogens with one attached hydrogen (secondary N) is 1. The highest BCUT2D eigenvalue weighted by atomic mass is 16.5. The molecule has 3 N–H and O–H groups in total. The zero-order valence-electron chi connectivity index (χ0n) is 12.2. The van der Waals surface area contributed by atoms with E-state index in [0.29, 0.717) is 11.6 Å². The van der Waals surface area contributed by atoms with Crippen molar-refractivity contribution in [1.82, 2.24) is 10.2 Å². The summed E-state index contributed by atoms with van der Waals surface area (Å²) in [6, 6.07) is 4.18. The van der Waals surface area contributed by atoms with E-state index in [4.69, 9.17) is 10.5 Å². The Kier molecular flexibility index (Phi) is 3.51. The first-order valence-corrected chi connectivity index (χ1v) is 6.45. The number of nitrogen functional groups attached to an aromatic ring is 1. The lowest BCUT2D eigenvalue weighted by atomic mass is 9.94. The maximum Gasteiger partial charge on any atom is 0.122 e. The summed E-state index contributed by atoms with van der Waals surface area (Å²) in [5.74, 6) is 1.30. The van der Waals surface area contributed by atoms with E-state index in [9.17, 15) is 0 Å². The highest BCUT2D eigenvalue weighted by molar-refractivity contribution is 5.77. The van der Waals surface area contributed by atoms with Crippen LogP contribution in [0, 0.1) is 13.8 Å². The quantitative estimate of drug-likeness (QED) is 0.887. The van der Waals surface area contributed by atoms with Crippen molar-refractivity contribution in [3.63, 3.8) is 0 Å². The maximum atomic E-state index is 6.08. The second-order valence-corrected chi connectivity index (χ2v) is 5.17. The minimum atomic E-state index is 0.385. The molecule has 0 spiro atoms. The van der Waals surface area contributed by atoms with E-state index in [2.05, 4.69) is 30.1 Å². The molecule has 2 rings (SSSR count). The van der Waals surface area contributed by atoms with E-state index in [0.717, 1.165) is 28.3 Å². The van der Waals surface area contributed by atoms with Crippen LogP contribution in [0.1, 0.15) is 36.6 Å². The summed E-state index contributed by atoms with van der Waals surface area (Å²) >= 11 is 0. The van der Waals surface area contributed by atoms with Crippen LogP contribution in [0.15, 0.2) is 12.1 Å². The van der Waals surface area contributed by atoms with E-state index in [1.54, 1.807) is 7.11 Å². The second kappa shape index (κ2) is 4.96. The average molecular weight is 259 g/mol. The molecule has 0 saturated heterocycles. The highest BCUT2D eigenvalue weighted by Gasteiger charge is 2.16. The van der Waals surface area contributed by atoms with Gasteiger partial charge in [-0.25, -0.2) is 0 Å². The first kappa shape index (κ1) is 13.5. The summed E-state index contributed by atoms with van der Waals surface area (Å²) in [7, 11) is 1.70. The molecule has 0 radical (unpaired) electrons. The Morgan fingerprint density at radius 2 is 1.95 bits per heavy atom. The molecular weight excluding hydrogens is 238 g/mol. The summed E-state index contributed by atoms with van der Waals surface area (Å²) in [6.45, 7) is 8.27. The summed E-state index contributed by atoms with van der Waals surface area (Å²) in [4.78, 5) is 0. The summed E-state index contributed by atoms with van der Waals surface area (Å²) < 4.78 is 5.45. The molecular formula is C15H21N3O. The van der Waals surface area contributed by atoms with Gasteiger partial charge < -0.3 is 10.5 Å². The zero-order chi connectivity index (χ0) is 14.2. The number of ether oxygens (including phenoxy) is 1. The van der Waals surface area contributed by atoms with Crippen LogP contribution >= 0.6 is 0 Å². The number of hydrogen-bond acceptors (Lipinski definition) is 3. The molecule has 2 aromatic rings. The van der Waals surface area contributed by atoms with E-state index >= 15 is 0 Å². The standard InChI is InChI=1S/C15H21N3O/c1-8(2)11-7-12(9(3)6-13(11)19-5)15-14(16)10(4)17-18-15/h6-8H,16H2,1-5H3,(H,17,18). The van der Waals surface area contributed by atoms with Crippen molar-refractivity contribution >= 4 is 5.69 Å². The molecule has 1 aromatic carbocycles. The van der Waals surface area contributed by atoms with Crippen molar-refractivity contribution in [1.29, 1.82) is 0 Å². The molecule has 1 heterocycles. The highest BCUT2D eigenvalue weighted by Crippen LogP contribution is 2.36. The van der Waals surface area contributed by atoms with Gasteiger partial charge in [-0.1, -0.05) is 13.8 Å². The van der Waals surface area contributed by atoms with Crippen LogP contribution in [0.25, 0.3) is 11.3 Å². The van der Waals surface area contributed by atoms with Crippen molar-refractivity contribution < 1.29 is 4.74 Å². The van der Waals surface area contributed by atoms with Crippen LogP contribution in [0.4, 0.5) is 5.69 Å². The van der Waals surface area contributed by atoms with Crippen LogP contribution < -0.4 is 10.5 Å². The van der Waals surface area contributed by atoms with Crippen LogP contribution in [0.5, 0.6) is 5.75 Å². The zero-order valence-corrected chi connectivity index (χ0v) is 12.2. The molecule has 0 aliphatic rings. The maximum absolute atomic E-state index is 6.08. The molecule has 1 aromatic heterocycles. The van der Waals surface area contributed by atoms with Crippen LogP contribution in [0.3, 0.4) is 0 Å². The molecule has 102 valence electrons. The van der Waals surface area contributed by atoms with Crippen molar-refractivity contribution in [2.45, 2.75) is 33.6 Å². The van der Waals surface area contributed by atoms with Crippen molar-refractivity contribution in [3.05, 3.63) is 29.0 Å². The minimum Gasteiger partial charge on any atom is -0.496 e. The predicted octanol–water partition coefficient (Wildman–Crippen LogP) is 3.41. The number of aryl methyl sites for hydroxylation is 2. The molecule has 0 bridgehead atoms. The van der Waals surface area contributed by atoms with Gasteiger partial charge in [-0.2, -0.15) is 5.10 Å². The van der Waals surface area contributed by atoms with E-state index < -0.39 is 0 Å². The third-order valence-corrected chi connectivity index (χ3v) is 3.45. The number of nitrogens with two attached hydrogens (primary N) is 1. The number of methoxy groups -OCH3 is 1. The number of anilines is 1. The van der Waals surface area contributed by atoms with Gasteiger partial charge in [-0.05, 0) is 43.0 Å². The lowest BCUT2D eigenvalue weighted by molar-refractivity contribution is 0.407. The Balaban J connectivity index is 2.64. The van der Waals surface area contributed by atoms with Crippen molar-refractivity contribution in [3.8, 4) is 17.0 Å². The topological polar surface area (TPSA) is 63.9 Å². The Bertz CT molecular complexity index is 600. The van der Waals surface area contributed by atoms with Gasteiger partial charge in [-0.15, -0.1) is 0 Å². The van der Waals surface area contributed by atoms with Crippen molar-refractivity contribution in [2.75, 3.05) is 12.8 Å². The van der Waals surface area contributed by atoms with E-state index in [-0.39, 0.29) is 0 Å². The Labute approximate surface area is 114 Å². The predicted molar refractivity (Wildman–Crippen MR) is 78.6 cm³/mol. The first-order chi connectivity index (χ1) is 8.95. The lowest BCUT2D eigenvalue weighted by Gasteiger charge is -2.15. The van der Waals surface area contributed by atoms with E-state index in [1.165, 1.54) is 5.56 Å². The number of aromatic amines is 1. The second-order valence-electron chi connectivity index (χ2n) is 5.17. The van der Waals surface area contributed by atoms with Gasteiger partial charge >= 0.3 is 0 Å². The monoisotopic (exact) mass is 259 g/mol. The number of nitrogens with zero attached hydrogens (tertiary/aromatic N) is 1. The lowest BCUT2D eigenvalue weighted by Crippen LogP contribution is -1.98. The summed E-state index contributed by atoms with van der Waals surface area (Å²) in [5, 5.41) is 7.25. The fraction of sp³-hybridized carbons (Fsp3) is 0.400. The molecule has 0 unspecified atom stereocenters. The van der Waals surface area contributed by atoms with Crippen LogP contribution in [-0.2, 0) is 0 Å². The number of hydrogen-bond donors (Lipinski definition) is 2. The molecule has 0 fully saturated rings.